The monoisotopic (exact) mass is 467 g/mol. The Labute approximate surface area is 200 Å². The zero-order valence-corrected chi connectivity index (χ0v) is 19.9. The number of nitrogens with zero attached hydrogens (tertiary/aromatic N) is 2. The number of benzene rings is 2. The van der Waals surface area contributed by atoms with Gasteiger partial charge >= 0.3 is 0 Å². The Morgan fingerprint density at radius 3 is 2.47 bits per heavy atom. The van der Waals surface area contributed by atoms with E-state index in [1.165, 1.54) is 0 Å². The standard InChI is InChI=1S/C26H33N3O5/c1-3-33-23-16-22(28-10-12-32-13-11-28)24(34-4-2)15-21(23)27-26(31)20-14-25(30)29(18-20)17-19-8-6-5-7-9-19/h5-9,15-16,20H,3-4,10-14,17-18H2,1-2H3,(H,27,31). The van der Waals surface area contributed by atoms with Gasteiger partial charge in [-0.05, 0) is 19.4 Å². The fraction of sp³-hybridized carbons (Fsp3) is 0.462. The molecular formula is C26H33N3O5. The van der Waals surface area contributed by atoms with Crippen molar-refractivity contribution in [1.29, 1.82) is 0 Å². The van der Waals surface area contributed by atoms with Crippen LogP contribution in [0.15, 0.2) is 42.5 Å². The smallest absolute Gasteiger partial charge is 0.229 e. The molecule has 0 saturated carbocycles. The zero-order chi connectivity index (χ0) is 23.9. The maximum Gasteiger partial charge on any atom is 0.229 e. The lowest BCUT2D eigenvalue weighted by Gasteiger charge is -2.31. The molecule has 0 bridgehead atoms. The summed E-state index contributed by atoms with van der Waals surface area (Å²) in [6.45, 7) is 8.56. The Kier molecular flexibility index (Phi) is 7.90. The highest BCUT2D eigenvalue weighted by Crippen LogP contribution is 2.39. The van der Waals surface area contributed by atoms with Crippen molar-refractivity contribution >= 4 is 23.2 Å². The fourth-order valence-corrected chi connectivity index (χ4v) is 4.38. The van der Waals surface area contributed by atoms with Gasteiger partial charge in [0.15, 0.2) is 0 Å². The van der Waals surface area contributed by atoms with Crippen LogP contribution in [-0.4, -0.2) is 62.8 Å². The molecular weight excluding hydrogens is 434 g/mol. The van der Waals surface area contributed by atoms with Gasteiger partial charge in [0.1, 0.15) is 11.5 Å². The van der Waals surface area contributed by atoms with Crippen LogP contribution < -0.4 is 19.7 Å². The van der Waals surface area contributed by atoms with E-state index in [1.54, 1.807) is 4.90 Å². The second-order valence-electron chi connectivity index (χ2n) is 8.43. The summed E-state index contributed by atoms with van der Waals surface area (Å²) in [4.78, 5) is 29.7. The second-order valence-corrected chi connectivity index (χ2v) is 8.43. The number of amides is 2. The van der Waals surface area contributed by atoms with Crippen molar-refractivity contribution in [1.82, 2.24) is 4.90 Å². The molecule has 34 heavy (non-hydrogen) atoms. The predicted octanol–water partition coefficient (Wildman–Crippen LogP) is 3.31. The quantitative estimate of drug-likeness (QED) is 0.610. The molecule has 0 aliphatic carbocycles. The first kappa shape index (κ1) is 23.9. The average Bonchev–Trinajstić information content (AvgIpc) is 3.22. The number of hydrogen-bond acceptors (Lipinski definition) is 6. The van der Waals surface area contributed by atoms with Crippen molar-refractivity contribution in [3.63, 3.8) is 0 Å². The topological polar surface area (TPSA) is 80.3 Å². The van der Waals surface area contributed by atoms with E-state index in [-0.39, 0.29) is 18.2 Å². The van der Waals surface area contributed by atoms with Crippen molar-refractivity contribution in [3.8, 4) is 11.5 Å². The van der Waals surface area contributed by atoms with Gasteiger partial charge in [0.05, 0.1) is 43.7 Å². The van der Waals surface area contributed by atoms with Crippen molar-refractivity contribution in [2.75, 3.05) is 56.3 Å². The zero-order valence-electron chi connectivity index (χ0n) is 19.9. The van der Waals surface area contributed by atoms with E-state index in [9.17, 15) is 9.59 Å². The average molecular weight is 468 g/mol. The summed E-state index contributed by atoms with van der Waals surface area (Å²) in [6, 6.07) is 13.6. The van der Waals surface area contributed by atoms with Crippen molar-refractivity contribution < 1.29 is 23.8 Å². The van der Waals surface area contributed by atoms with Crippen molar-refractivity contribution in [2.24, 2.45) is 5.92 Å². The lowest BCUT2D eigenvalue weighted by Crippen LogP contribution is -2.36. The molecule has 4 rings (SSSR count). The molecule has 2 aliphatic heterocycles. The highest BCUT2D eigenvalue weighted by atomic mass is 16.5. The molecule has 2 amide bonds. The minimum atomic E-state index is -0.417. The summed E-state index contributed by atoms with van der Waals surface area (Å²) >= 11 is 0. The maximum absolute atomic E-state index is 13.2. The number of carbonyl (C=O) groups excluding carboxylic acids is 2. The Balaban J connectivity index is 1.51. The van der Waals surface area contributed by atoms with Crippen LogP contribution in [0.1, 0.15) is 25.8 Å². The number of hydrogen-bond donors (Lipinski definition) is 1. The molecule has 0 aromatic heterocycles. The van der Waals surface area contributed by atoms with Gasteiger partial charge in [-0.15, -0.1) is 0 Å². The van der Waals surface area contributed by atoms with Gasteiger partial charge in [-0.25, -0.2) is 0 Å². The molecule has 2 aromatic carbocycles. The molecule has 0 spiro atoms. The highest BCUT2D eigenvalue weighted by Gasteiger charge is 2.34. The summed E-state index contributed by atoms with van der Waals surface area (Å²) in [6.07, 6.45) is 0.201. The summed E-state index contributed by atoms with van der Waals surface area (Å²) in [7, 11) is 0. The van der Waals surface area contributed by atoms with E-state index in [0.717, 1.165) is 24.3 Å². The van der Waals surface area contributed by atoms with Crippen LogP contribution in [0.2, 0.25) is 0 Å². The van der Waals surface area contributed by atoms with Crippen LogP contribution >= 0.6 is 0 Å². The Morgan fingerprint density at radius 2 is 1.76 bits per heavy atom. The first-order chi connectivity index (χ1) is 16.6. The van der Waals surface area contributed by atoms with E-state index >= 15 is 0 Å². The molecule has 1 unspecified atom stereocenters. The molecule has 2 fully saturated rings. The summed E-state index contributed by atoms with van der Waals surface area (Å²) in [5.74, 6) is 0.668. The van der Waals surface area contributed by atoms with Gasteiger partial charge in [-0.3, -0.25) is 9.59 Å². The Morgan fingerprint density at radius 1 is 1.06 bits per heavy atom. The number of morpholine rings is 1. The fourth-order valence-electron chi connectivity index (χ4n) is 4.38. The van der Waals surface area contributed by atoms with Crippen molar-refractivity contribution in [2.45, 2.75) is 26.8 Å². The summed E-state index contributed by atoms with van der Waals surface area (Å²) in [5.41, 5.74) is 2.54. The third-order valence-electron chi connectivity index (χ3n) is 6.07. The van der Waals surface area contributed by atoms with Crippen LogP contribution in [-0.2, 0) is 20.9 Å². The molecule has 182 valence electrons. The number of nitrogens with one attached hydrogen (secondary N) is 1. The van der Waals surface area contributed by atoms with E-state index < -0.39 is 5.92 Å². The lowest BCUT2D eigenvalue weighted by molar-refractivity contribution is -0.128. The van der Waals surface area contributed by atoms with E-state index in [2.05, 4.69) is 10.2 Å². The van der Waals surface area contributed by atoms with Gasteiger partial charge in [0, 0.05) is 44.7 Å². The van der Waals surface area contributed by atoms with Gasteiger partial charge in [-0.1, -0.05) is 30.3 Å². The maximum atomic E-state index is 13.2. The third kappa shape index (κ3) is 5.62. The lowest BCUT2D eigenvalue weighted by atomic mass is 10.1. The van der Waals surface area contributed by atoms with E-state index in [4.69, 9.17) is 14.2 Å². The Bertz CT molecular complexity index is 991. The third-order valence-corrected chi connectivity index (χ3v) is 6.07. The number of ether oxygens (including phenoxy) is 3. The number of likely N-dealkylation sites (tertiary alicyclic amines) is 1. The molecule has 1 N–H and O–H groups in total. The predicted molar refractivity (Wildman–Crippen MR) is 130 cm³/mol. The minimum Gasteiger partial charge on any atom is -0.492 e. The molecule has 2 heterocycles. The van der Waals surface area contributed by atoms with E-state index in [1.807, 2.05) is 56.3 Å². The molecule has 2 saturated heterocycles. The van der Waals surface area contributed by atoms with Gasteiger partial charge in [0.2, 0.25) is 11.8 Å². The van der Waals surface area contributed by atoms with E-state index in [0.29, 0.717) is 56.7 Å². The Hall–Kier alpha value is -3.26. The van der Waals surface area contributed by atoms with Crippen LogP contribution in [0.4, 0.5) is 11.4 Å². The van der Waals surface area contributed by atoms with Gasteiger partial charge in [-0.2, -0.15) is 0 Å². The first-order valence-corrected chi connectivity index (χ1v) is 12.0. The molecule has 1 atom stereocenters. The highest BCUT2D eigenvalue weighted by molar-refractivity contribution is 5.98. The first-order valence-electron chi connectivity index (χ1n) is 12.0. The van der Waals surface area contributed by atoms with Crippen LogP contribution in [0.3, 0.4) is 0 Å². The normalized spacial score (nSPS) is 18.2. The van der Waals surface area contributed by atoms with Crippen LogP contribution in [0, 0.1) is 5.92 Å². The minimum absolute atomic E-state index is 0.00768. The number of rotatable bonds is 9. The second kappa shape index (κ2) is 11.2. The van der Waals surface area contributed by atoms with Crippen LogP contribution in [0.25, 0.3) is 0 Å². The van der Waals surface area contributed by atoms with Crippen molar-refractivity contribution in [3.05, 3.63) is 48.0 Å². The molecule has 8 heteroatoms. The molecule has 2 aliphatic rings. The van der Waals surface area contributed by atoms with Gasteiger partial charge in [0.25, 0.3) is 0 Å². The summed E-state index contributed by atoms with van der Waals surface area (Å²) in [5, 5.41) is 3.01. The van der Waals surface area contributed by atoms with Crippen LogP contribution in [0.5, 0.6) is 11.5 Å². The molecule has 0 radical (unpaired) electrons. The molecule has 8 nitrogen and oxygen atoms in total. The SMILES string of the molecule is CCOc1cc(N2CCOCC2)c(OCC)cc1NC(=O)C1CC(=O)N(Cc2ccccc2)C1. The largest absolute Gasteiger partial charge is 0.492 e. The van der Waals surface area contributed by atoms with Gasteiger partial charge < -0.3 is 29.3 Å². The molecule has 2 aromatic rings. The number of anilines is 2. The number of carbonyl (C=O) groups is 2. The summed E-state index contributed by atoms with van der Waals surface area (Å²) < 4.78 is 17.3.